The van der Waals surface area contributed by atoms with Crippen LogP contribution in [0.3, 0.4) is 0 Å². The van der Waals surface area contributed by atoms with Gasteiger partial charge in [0.25, 0.3) is 0 Å². The number of halogens is 4. The zero-order valence-electron chi connectivity index (χ0n) is 7.95. The Morgan fingerprint density at radius 1 is 1.36 bits per heavy atom. The summed E-state index contributed by atoms with van der Waals surface area (Å²) in [7, 11) is 0. The van der Waals surface area contributed by atoms with E-state index in [9.17, 15) is 22.4 Å². The molecule has 0 heterocycles. The third-order valence-electron chi connectivity index (χ3n) is 1.93. The average molecular weight is 216 g/mol. The number of hydrogen-bond donors (Lipinski definition) is 0. The number of esters is 1. The van der Waals surface area contributed by atoms with E-state index < -0.39 is 30.8 Å². The van der Waals surface area contributed by atoms with Crippen molar-refractivity contribution < 1.29 is 27.1 Å². The Labute approximate surface area is 79.2 Å². The molecule has 0 bridgehead atoms. The van der Waals surface area contributed by atoms with Crippen molar-refractivity contribution >= 4 is 5.97 Å². The Bertz CT molecular complexity index is 196. The van der Waals surface area contributed by atoms with E-state index in [4.69, 9.17) is 0 Å². The van der Waals surface area contributed by atoms with Crippen molar-refractivity contribution in [2.45, 2.75) is 26.4 Å². The maximum Gasteiger partial charge on any atom is 0.422 e. The van der Waals surface area contributed by atoms with Gasteiger partial charge in [0, 0.05) is 0 Å². The van der Waals surface area contributed by atoms with Gasteiger partial charge in [-0.15, -0.1) is 0 Å². The van der Waals surface area contributed by atoms with Crippen LogP contribution in [0.15, 0.2) is 0 Å². The molecule has 0 aromatic rings. The highest BCUT2D eigenvalue weighted by molar-refractivity contribution is 5.76. The Kier molecular flexibility index (Phi) is 4.35. The van der Waals surface area contributed by atoms with E-state index in [0.717, 1.165) is 0 Å². The third-order valence-corrected chi connectivity index (χ3v) is 1.93. The van der Waals surface area contributed by atoms with Crippen LogP contribution in [0.25, 0.3) is 0 Å². The van der Waals surface area contributed by atoms with Crippen molar-refractivity contribution in [1.82, 2.24) is 0 Å². The van der Waals surface area contributed by atoms with Crippen molar-refractivity contribution in [3.05, 3.63) is 0 Å². The summed E-state index contributed by atoms with van der Waals surface area (Å²) in [4.78, 5) is 11.0. The topological polar surface area (TPSA) is 26.3 Å². The summed E-state index contributed by atoms with van der Waals surface area (Å²) in [5.41, 5.74) is -1.47. The molecule has 0 aliphatic heterocycles. The van der Waals surface area contributed by atoms with Gasteiger partial charge in [0.1, 0.15) is 6.67 Å². The van der Waals surface area contributed by atoms with Gasteiger partial charge in [-0.1, -0.05) is 6.92 Å². The molecule has 14 heavy (non-hydrogen) atoms. The Morgan fingerprint density at radius 2 is 1.86 bits per heavy atom. The summed E-state index contributed by atoms with van der Waals surface area (Å²) in [6, 6.07) is 0. The van der Waals surface area contributed by atoms with E-state index in [-0.39, 0.29) is 6.42 Å². The van der Waals surface area contributed by atoms with Gasteiger partial charge in [0.2, 0.25) is 0 Å². The molecular formula is C8H12F4O2. The molecule has 0 aliphatic carbocycles. The van der Waals surface area contributed by atoms with Gasteiger partial charge >= 0.3 is 12.1 Å². The minimum Gasteiger partial charge on any atom is -0.456 e. The molecule has 0 rings (SSSR count). The molecule has 1 unspecified atom stereocenters. The smallest absolute Gasteiger partial charge is 0.422 e. The lowest BCUT2D eigenvalue weighted by Gasteiger charge is -2.22. The van der Waals surface area contributed by atoms with E-state index in [2.05, 4.69) is 4.74 Å². The predicted octanol–water partition coefficient (Wildman–Crippen LogP) is 2.48. The molecule has 0 aromatic heterocycles. The Balaban J connectivity index is 4.20. The number of hydrogen-bond acceptors (Lipinski definition) is 2. The van der Waals surface area contributed by atoms with Gasteiger partial charge < -0.3 is 4.74 Å². The number of ether oxygens (including phenoxy) is 1. The van der Waals surface area contributed by atoms with Gasteiger partial charge in [-0.3, -0.25) is 4.79 Å². The number of alkyl halides is 4. The van der Waals surface area contributed by atoms with Crippen molar-refractivity contribution in [3.8, 4) is 0 Å². The fraction of sp³-hybridized carbons (Fsp3) is 0.875. The Morgan fingerprint density at radius 3 is 2.14 bits per heavy atom. The molecular weight excluding hydrogens is 204 g/mol. The minimum absolute atomic E-state index is 0.0974. The first-order valence-electron chi connectivity index (χ1n) is 4.05. The summed E-state index contributed by atoms with van der Waals surface area (Å²) in [6.45, 7) is 0.0434. The fourth-order valence-electron chi connectivity index (χ4n) is 0.615. The van der Waals surface area contributed by atoms with Crippen molar-refractivity contribution in [2.75, 3.05) is 13.3 Å². The van der Waals surface area contributed by atoms with E-state index >= 15 is 0 Å². The summed E-state index contributed by atoms with van der Waals surface area (Å²) >= 11 is 0. The van der Waals surface area contributed by atoms with Crippen LogP contribution < -0.4 is 0 Å². The van der Waals surface area contributed by atoms with Crippen LogP contribution in [-0.2, 0) is 9.53 Å². The number of carbonyl (C=O) groups excluding carboxylic acids is 1. The van der Waals surface area contributed by atoms with Gasteiger partial charge in [-0.25, -0.2) is 4.39 Å². The predicted molar refractivity (Wildman–Crippen MR) is 41.4 cm³/mol. The van der Waals surface area contributed by atoms with Crippen LogP contribution in [0.5, 0.6) is 0 Å². The SMILES string of the molecule is CCC(C)(CF)C(=O)OCC(F)(F)F. The minimum atomic E-state index is -4.57. The van der Waals surface area contributed by atoms with E-state index in [0.29, 0.717) is 0 Å². The van der Waals surface area contributed by atoms with Crippen LogP contribution in [0.4, 0.5) is 17.6 Å². The maximum atomic E-state index is 12.3. The second kappa shape index (κ2) is 4.61. The molecule has 6 heteroatoms. The molecule has 0 fully saturated rings. The lowest BCUT2D eigenvalue weighted by atomic mass is 9.89. The number of rotatable bonds is 4. The van der Waals surface area contributed by atoms with Gasteiger partial charge in [0.05, 0.1) is 5.41 Å². The molecule has 0 aliphatic rings. The van der Waals surface area contributed by atoms with Gasteiger partial charge in [-0.05, 0) is 13.3 Å². The van der Waals surface area contributed by atoms with Crippen LogP contribution in [0.1, 0.15) is 20.3 Å². The van der Waals surface area contributed by atoms with Crippen molar-refractivity contribution in [3.63, 3.8) is 0 Å². The van der Waals surface area contributed by atoms with Crippen LogP contribution in [0, 0.1) is 5.41 Å². The summed E-state index contributed by atoms with van der Waals surface area (Å²) in [5.74, 6) is -1.15. The second-order valence-electron chi connectivity index (χ2n) is 3.24. The largest absolute Gasteiger partial charge is 0.456 e. The molecule has 0 spiro atoms. The zero-order valence-corrected chi connectivity index (χ0v) is 7.95. The zero-order chi connectivity index (χ0) is 11.4. The highest BCUT2D eigenvalue weighted by Gasteiger charge is 2.37. The highest BCUT2D eigenvalue weighted by atomic mass is 19.4. The maximum absolute atomic E-state index is 12.3. The van der Waals surface area contributed by atoms with Gasteiger partial charge in [0.15, 0.2) is 6.61 Å². The van der Waals surface area contributed by atoms with E-state index in [1.807, 2.05) is 0 Å². The van der Waals surface area contributed by atoms with E-state index in [1.165, 1.54) is 13.8 Å². The summed E-state index contributed by atoms with van der Waals surface area (Å²) in [6.07, 6.45) is -4.47. The molecule has 84 valence electrons. The van der Waals surface area contributed by atoms with E-state index in [1.54, 1.807) is 0 Å². The summed E-state index contributed by atoms with van der Waals surface area (Å²) in [5, 5.41) is 0. The first-order chi connectivity index (χ1) is 6.25. The Hall–Kier alpha value is -0.810. The quantitative estimate of drug-likeness (QED) is 0.533. The normalized spacial score (nSPS) is 16.1. The van der Waals surface area contributed by atoms with Crippen molar-refractivity contribution in [1.29, 1.82) is 0 Å². The molecule has 0 aromatic carbocycles. The lowest BCUT2D eigenvalue weighted by molar-refractivity contribution is -0.193. The molecule has 0 radical (unpaired) electrons. The molecule has 0 amide bonds. The first-order valence-corrected chi connectivity index (χ1v) is 4.05. The standard InChI is InChI=1S/C8H12F4O2/c1-3-7(2,4-9)6(13)14-5-8(10,11)12/h3-5H2,1-2H3. The van der Waals surface area contributed by atoms with Crippen LogP contribution in [0.2, 0.25) is 0 Å². The highest BCUT2D eigenvalue weighted by Crippen LogP contribution is 2.25. The molecule has 2 nitrogen and oxygen atoms in total. The number of carbonyl (C=O) groups is 1. The fourth-order valence-corrected chi connectivity index (χ4v) is 0.615. The van der Waals surface area contributed by atoms with Crippen LogP contribution in [-0.4, -0.2) is 25.4 Å². The molecule has 1 atom stereocenters. The average Bonchev–Trinajstić information content (AvgIpc) is 2.11. The lowest BCUT2D eigenvalue weighted by Crippen LogP contribution is -2.34. The first kappa shape index (κ1) is 13.2. The van der Waals surface area contributed by atoms with Crippen LogP contribution >= 0.6 is 0 Å². The molecule has 0 saturated carbocycles. The third kappa shape index (κ3) is 3.93. The molecule has 0 N–H and O–H groups in total. The monoisotopic (exact) mass is 216 g/mol. The molecule has 0 saturated heterocycles. The second-order valence-corrected chi connectivity index (χ2v) is 3.24. The van der Waals surface area contributed by atoms with Crippen molar-refractivity contribution in [2.24, 2.45) is 5.41 Å². The van der Waals surface area contributed by atoms with Gasteiger partial charge in [-0.2, -0.15) is 13.2 Å². The summed E-state index contributed by atoms with van der Waals surface area (Å²) < 4.78 is 51.2.